The lowest BCUT2D eigenvalue weighted by atomic mass is 10.1. The maximum atomic E-state index is 11.3. The van der Waals surface area contributed by atoms with E-state index >= 15 is 0 Å². The lowest BCUT2D eigenvalue weighted by Gasteiger charge is -2.01. The van der Waals surface area contributed by atoms with Gasteiger partial charge in [0, 0.05) is 5.56 Å². The molecule has 0 unspecified atom stereocenters. The SMILES string of the molecule is Cc1c(S)oc(=O)c2ccccc12. The second kappa shape index (κ2) is 2.92. The molecule has 0 aliphatic heterocycles. The molecular weight excluding hydrogens is 184 g/mol. The number of rotatable bonds is 0. The normalized spacial score (nSPS) is 10.6. The van der Waals surface area contributed by atoms with E-state index in [-0.39, 0.29) is 5.63 Å². The highest BCUT2D eigenvalue weighted by molar-refractivity contribution is 7.80. The molecule has 0 amide bonds. The highest BCUT2D eigenvalue weighted by atomic mass is 32.1. The molecule has 0 saturated heterocycles. The van der Waals surface area contributed by atoms with Crippen LogP contribution in [-0.2, 0) is 0 Å². The number of aryl methyl sites for hydroxylation is 1. The zero-order valence-corrected chi connectivity index (χ0v) is 7.97. The fraction of sp³-hybridized carbons (Fsp3) is 0.100. The van der Waals surface area contributed by atoms with Gasteiger partial charge in [-0.2, -0.15) is 0 Å². The monoisotopic (exact) mass is 192 g/mol. The van der Waals surface area contributed by atoms with Crippen LogP contribution in [0.15, 0.2) is 38.6 Å². The first kappa shape index (κ1) is 8.38. The molecule has 1 aromatic carbocycles. The van der Waals surface area contributed by atoms with E-state index in [9.17, 15) is 4.79 Å². The number of fused-ring (bicyclic) bond motifs is 1. The summed E-state index contributed by atoms with van der Waals surface area (Å²) in [6.07, 6.45) is 0. The average molecular weight is 192 g/mol. The number of thiol groups is 1. The Kier molecular flexibility index (Phi) is 1.88. The second-order valence-electron chi connectivity index (χ2n) is 2.87. The van der Waals surface area contributed by atoms with Crippen molar-refractivity contribution in [1.29, 1.82) is 0 Å². The number of hydrogen-bond acceptors (Lipinski definition) is 3. The molecule has 0 bridgehead atoms. The summed E-state index contributed by atoms with van der Waals surface area (Å²) < 4.78 is 4.93. The fourth-order valence-electron chi connectivity index (χ4n) is 1.32. The molecule has 0 N–H and O–H groups in total. The maximum absolute atomic E-state index is 11.3. The molecule has 0 saturated carbocycles. The predicted octanol–water partition coefficient (Wildman–Crippen LogP) is 2.39. The summed E-state index contributed by atoms with van der Waals surface area (Å²) in [6, 6.07) is 7.35. The van der Waals surface area contributed by atoms with Crippen LogP contribution in [0.4, 0.5) is 0 Å². The Balaban J connectivity index is 3.06. The molecule has 2 nitrogen and oxygen atoms in total. The zero-order valence-electron chi connectivity index (χ0n) is 7.07. The van der Waals surface area contributed by atoms with Crippen LogP contribution in [0.3, 0.4) is 0 Å². The van der Waals surface area contributed by atoms with Gasteiger partial charge in [0.15, 0.2) is 5.09 Å². The lowest BCUT2D eigenvalue weighted by Crippen LogP contribution is -2.00. The second-order valence-corrected chi connectivity index (χ2v) is 3.27. The van der Waals surface area contributed by atoms with Crippen LogP contribution in [0, 0.1) is 6.92 Å². The van der Waals surface area contributed by atoms with E-state index < -0.39 is 0 Å². The first-order valence-electron chi connectivity index (χ1n) is 3.91. The van der Waals surface area contributed by atoms with Gasteiger partial charge in [-0.25, -0.2) is 4.79 Å². The van der Waals surface area contributed by atoms with Crippen LogP contribution in [-0.4, -0.2) is 0 Å². The highest BCUT2D eigenvalue weighted by Crippen LogP contribution is 2.20. The van der Waals surface area contributed by atoms with Gasteiger partial charge in [-0.15, -0.1) is 12.6 Å². The van der Waals surface area contributed by atoms with E-state index in [2.05, 4.69) is 12.6 Å². The Morgan fingerprint density at radius 2 is 1.85 bits per heavy atom. The van der Waals surface area contributed by atoms with Crippen LogP contribution in [0.1, 0.15) is 5.56 Å². The molecule has 0 atom stereocenters. The van der Waals surface area contributed by atoms with Crippen LogP contribution < -0.4 is 5.63 Å². The largest absolute Gasteiger partial charge is 0.416 e. The average Bonchev–Trinajstić information content (AvgIpc) is 2.15. The highest BCUT2D eigenvalue weighted by Gasteiger charge is 2.05. The minimum atomic E-state index is -0.328. The van der Waals surface area contributed by atoms with Crippen molar-refractivity contribution >= 4 is 23.4 Å². The molecule has 0 radical (unpaired) electrons. The maximum Gasteiger partial charge on any atom is 0.344 e. The predicted molar refractivity (Wildman–Crippen MR) is 54.5 cm³/mol. The molecule has 1 heterocycles. The van der Waals surface area contributed by atoms with Crippen molar-refractivity contribution in [3.63, 3.8) is 0 Å². The van der Waals surface area contributed by atoms with Crippen molar-refractivity contribution < 1.29 is 4.42 Å². The van der Waals surface area contributed by atoms with E-state index in [1.54, 1.807) is 6.07 Å². The molecule has 0 aliphatic rings. The minimum absolute atomic E-state index is 0.328. The summed E-state index contributed by atoms with van der Waals surface area (Å²) >= 11 is 4.08. The quantitative estimate of drug-likeness (QED) is 0.649. The van der Waals surface area contributed by atoms with Crippen molar-refractivity contribution in [2.75, 3.05) is 0 Å². The molecule has 2 rings (SSSR count). The molecular formula is C10H8O2S. The van der Waals surface area contributed by atoms with Crippen molar-refractivity contribution in [2.24, 2.45) is 0 Å². The van der Waals surface area contributed by atoms with Gasteiger partial charge in [0.2, 0.25) is 0 Å². The Bertz CT molecular complexity index is 514. The van der Waals surface area contributed by atoms with Crippen molar-refractivity contribution in [2.45, 2.75) is 12.0 Å². The Morgan fingerprint density at radius 1 is 1.23 bits per heavy atom. The van der Waals surface area contributed by atoms with Crippen LogP contribution in [0.25, 0.3) is 10.8 Å². The Labute approximate surface area is 80.6 Å². The van der Waals surface area contributed by atoms with Crippen molar-refractivity contribution in [1.82, 2.24) is 0 Å². The Hall–Kier alpha value is -1.22. The summed E-state index contributed by atoms with van der Waals surface area (Å²) in [5.74, 6) is 0. The molecule has 0 spiro atoms. The summed E-state index contributed by atoms with van der Waals surface area (Å²) in [4.78, 5) is 11.3. The van der Waals surface area contributed by atoms with Gasteiger partial charge in [0.25, 0.3) is 0 Å². The van der Waals surface area contributed by atoms with E-state index in [1.165, 1.54) is 0 Å². The number of hydrogen-bond donors (Lipinski definition) is 1. The zero-order chi connectivity index (χ0) is 9.42. The molecule has 3 heteroatoms. The van der Waals surface area contributed by atoms with Gasteiger partial charge in [-0.1, -0.05) is 18.2 Å². The van der Waals surface area contributed by atoms with Gasteiger partial charge in [-0.05, 0) is 18.4 Å². The van der Waals surface area contributed by atoms with Crippen LogP contribution >= 0.6 is 12.6 Å². The van der Waals surface area contributed by atoms with Crippen LogP contribution in [0.2, 0.25) is 0 Å². The third-order valence-electron chi connectivity index (χ3n) is 2.06. The smallest absolute Gasteiger partial charge is 0.344 e. The van der Waals surface area contributed by atoms with Gasteiger partial charge in [0.05, 0.1) is 5.39 Å². The summed E-state index contributed by atoms with van der Waals surface area (Å²) in [7, 11) is 0. The van der Waals surface area contributed by atoms with Gasteiger partial charge >= 0.3 is 5.63 Å². The van der Waals surface area contributed by atoms with Crippen molar-refractivity contribution in [3.8, 4) is 0 Å². The minimum Gasteiger partial charge on any atom is -0.416 e. The first-order chi connectivity index (χ1) is 6.20. The molecule has 66 valence electrons. The topological polar surface area (TPSA) is 30.2 Å². The van der Waals surface area contributed by atoms with E-state index in [0.717, 1.165) is 10.9 Å². The first-order valence-corrected chi connectivity index (χ1v) is 4.36. The summed E-state index contributed by atoms with van der Waals surface area (Å²) in [6.45, 7) is 1.88. The summed E-state index contributed by atoms with van der Waals surface area (Å²) in [5, 5.41) is 1.91. The van der Waals surface area contributed by atoms with Gasteiger partial charge in [0.1, 0.15) is 0 Å². The van der Waals surface area contributed by atoms with E-state index in [4.69, 9.17) is 4.42 Å². The molecule has 1 aromatic heterocycles. The van der Waals surface area contributed by atoms with E-state index in [0.29, 0.717) is 10.5 Å². The lowest BCUT2D eigenvalue weighted by molar-refractivity contribution is 0.426. The molecule has 13 heavy (non-hydrogen) atoms. The fourth-order valence-corrected chi connectivity index (χ4v) is 1.53. The standard InChI is InChI=1S/C10H8O2S/c1-6-7-4-2-3-5-8(7)9(11)12-10(6)13/h2-5,13H,1H3. The van der Waals surface area contributed by atoms with Gasteiger partial charge < -0.3 is 4.42 Å². The molecule has 0 fully saturated rings. The number of benzene rings is 1. The molecule has 0 aliphatic carbocycles. The van der Waals surface area contributed by atoms with Gasteiger partial charge in [-0.3, -0.25) is 0 Å². The van der Waals surface area contributed by atoms with E-state index in [1.807, 2.05) is 25.1 Å². The summed E-state index contributed by atoms with van der Waals surface area (Å²) in [5.41, 5.74) is 0.574. The van der Waals surface area contributed by atoms with Crippen LogP contribution in [0.5, 0.6) is 0 Å². The third kappa shape index (κ3) is 1.25. The third-order valence-corrected chi connectivity index (χ3v) is 2.49. The molecule has 2 aromatic rings. The van der Waals surface area contributed by atoms with Crippen molar-refractivity contribution in [3.05, 3.63) is 40.2 Å². The Morgan fingerprint density at radius 3 is 2.54 bits per heavy atom.